The van der Waals surface area contributed by atoms with Crippen molar-refractivity contribution in [2.75, 3.05) is 18.1 Å². The average Bonchev–Trinajstić information content (AvgIpc) is 3.28. The highest BCUT2D eigenvalue weighted by Gasteiger charge is 2.34. The molecule has 7 nitrogen and oxygen atoms in total. The van der Waals surface area contributed by atoms with Crippen molar-refractivity contribution in [2.45, 2.75) is 19.0 Å². The first-order valence-corrected chi connectivity index (χ1v) is 11.6. The van der Waals surface area contributed by atoms with Gasteiger partial charge in [0, 0.05) is 18.7 Å². The molecule has 1 aliphatic rings. The van der Waals surface area contributed by atoms with E-state index in [2.05, 4.69) is 15.9 Å². The molecular formula is C20H20BrNO6S. The normalized spacial score (nSPS) is 18.0. The second-order valence-electron chi connectivity index (χ2n) is 6.65. The topological polar surface area (TPSA) is 93.9 Å². The highest BCUT2D eigenvalue weighted by molar-refractivity contribution is 9.10. The summed E-state index contributed by atoms with van der Waals surface area (Å²) in [5.41, 5.74) is 0.875. The maximum atomic E-state index is 12.7. The van der Waals surface area contributed by atoms with E-state index in [4.69, 9.17) is 9.15 Å². The van der Waals surface area contributed by atoms with Crippen LogP contribution in [0, 0.1) is 0 Å². The van der Waals surface area contributed by atoms with E-state index >= 15 is 0 Å². The number of hydrogen-bond donors (Lipinski definition) is 0. The fraction of sp³-hybridized carbons (Fsp3) is 0.300. The predicted molar refractivity (Wildman–Crippen MR) is 110 cm³/mol. The van der Waals surface area contributed by atoms with Crippen molar-refractivity contribution in [3.8, 4) is 0 Å². The molecule has 1 aromatic carbocycles. The minimum atomic E-state index is -3.16. The van der Waals surface area contributed by atoms with E-state index in [1.165, 1.54) is 17.1 Å². The van der Waals surface area contributed by atoms with Crippen LogP contribution in [0.15, 0.2) is 57.6 Å². The van der Waals surface area contributed by atoms with Crippen molar-refractivity contribution in [3.63, 3.8) is 0 Å². The molecule has 0 unspecified atom stereocenters. The molecule has 1 saturated heterocycles. The van der Waals surface area contributed by atoms with E-state index in [9.17, 15) is 18.0 Å². The average molecular weight is 482 g/mol. The minimum absolute atomic E-state index is 0.0530. The predicted octanol–water partition coefficient (Wildman–Crippen LogP) is 2.81. The number of nitrogens with zero attached hydrogens (tertiary/aromatic N) is 1. The van der Waals surface area contributed by atoms with Gasteiger partial charge in [-0.25, -0.2) is 13.2 Å². The van der Waals surface area contributed by atoms with Crippen LogP contribution in [0.5, 0.6) is 0 Å². The van der Waals surface area contributed by atoms with E-state index in [0.29, 0.717) is 16.9 Å². The van der Waals surface area contributed by atoms with Crippen LogP contribution < -0.4 is 0 Å². The van der Waals surface area contributed by atoms with Crippen molar-refractivity contribution in [1.82, 2.24) is 4.90 Å². The summed E-state index contributed by atoms with van der Waals surface area (Å²) in [6.45, 7) is -0.206. The molecule has 0 spiro atoms. The Hall–Kier alpha value is -2.39. The standard InChI is InChI=1S/C20H20BrNO6S/c21-18-8-6-17(28-18)7-9-20(24)27-13-19(23)22(12-15-4-2-1-3-5-15)16-10-11-29(25,26)14-16/h1-9,16H,10-14H2/b9-7+/t16-/m1/s1. The Labute approximate surface area is 177 Å². The molecule has 0 bridgehead atoms. The van der Waals surface area contributed by atoms with Crippen molar-refractivity contribution >= 4 is 43.7 Å². The summed E-state index contributed by atoms with van der Waals surface area (Å²) in [6, 6.07) is 12.2. The Kier molecular flexibility index (Phi) is 6.92. The number of ether oxygens (including phenoxy) is 1. The Morgan fingerprint density at radius 3 is 2.59 bits per heavy atom. The third-order valence-electron chi connectivity index (χ3n) is 4.48. The fourth-order valence-electron chi connectivity index (χ4n) is 3.05. The Morgan fingerprint density at radius 2 is 1.97 bits per heavy atom. The highest BCUT2D eigenvalue weighted by Crippen LogP contribution is 2.20. The molecule has 2 aromatic rings. The molecule has 154 valence electrons. The third-order valence-corrected chi connectivity index (χ3v) is 6.66. The van der Waals surface area contributed by atoms with E-state index in [-0.39, 0.29) is 18.1 Å². The van der Waals surface area contributed by atoms with Crippen LogP contribution in [-0.4, -0.2) is 49.3 Å². The van der Waals surface area contributed by atoms with Crippen LogP contribution in [0.1, 0.15) is 17.7 Å². The zero-order chi connectivity index (χ0) is 20.9. The van der Waals surface area contributed by atoms with Gasteiger partial charge >= 0.3 is 5.97 Å². The first kappa shape index (κ1) is 21.3. The number of carbonyl (C=O) groups is 2. The van der Waals surface area contributed by atoms with E-state index < -0.39 is 34.4 Å². The number of carbonyl (C=O) groups excluding carboxylic acids is 2. The van der Waals surface area contributed by atoms with Gasteiger partial charge in [0.2, 0.25) is 0 Å². The molecule has 0 saturated carbocycles. The van der Waals surface area contributed by atoms with Crippen molar-refractivity contribution in [2.24, 2.45) is 0 Å². The number of halogens is 1. The molecule has 9 heteroatoms. The van der Waals surface area contributed by atoms with Crippen molar-refractivity contribution in [3.05, 3.63) is 64.5 Å². The monoisotopic (exact) mass is 481 g/mol. The number of sulfone groups is 1. The minimum Gasteiger partial charge on any atom is -0.452 e. The molecule has 1 amide bonds. The summed E-state index contributed by atoms with van der Waals surface area (Å²) in [7, 11) is -3.16. The van der Waals surface area contributed by atoms with Gasteiger partial charge in [-0.2, -0.15) is 0 Å². The zero-order valence-electron chi connectivity index (χ0n) is 15.5. The van der Waals surface area contributed by atoms with Crippen LogP contribution in [0.4, 0.5) is 0 Å². The van der Waals surface area contributed by atoms with Crippen LogP contribution in [0.3, 0.4) is 0 Å². The summed E-state index contributed by atoms with van der Waals surface area (Å²) in [4.78, 5) is 26.1. The van der Waals surface area contributed by atoms with Gasteiger partial charge in [0.05, 0.1) is 11.5 Å². The Morgan fingerprint density at radius 1 is 1.21 bits per heavy atom. The lowest BCUT2D eigenvalue weighted by Crippen LogP contribution is -2.42. The summed E-state index contributed by atoms with van der Waals surface area (Å²) in [5, 5.41) is 0. The van der Waals surface area contributed by atoms with Crippen LogP contribution in [-0.2, 0) is 30.7 Å². The Balaban J connectivity index is 1.62. The van der Waals surface area contributed by atoms with Crippen LogP contribution in [0.25, 0.3) is 6.08 Å². The molecule has 29 heavy (non-hydrogen) atoms. The summed E-state index contributed by atoms with van der Waals surface area (Å²) >= 11 is 3.16. The van der Waals surface area contributed by atoms with E-state index in [0.717, 1.165) is 5.56 Å². The number of hydrogen-bond acceptors (Lipinski definition) is 6. The second-order valence-corrected chi connectivity index (χ2v) is 9.66. The maximum Gasteiger partial charge on any atom is 0.331 e. The van der Waals surface area contributed by atoms with Gasteiger partial charge in [-0.05, 0) is 46.1 Å². The van der Waals surface area contributed by atoms with E-state index in [1.54, 1.807) is 12.1 Å². The van der Waals surface area contributed by atoms with Gasteiger partial charge in [-0.1, -0.05) is 30.3 Å². The van der Waals surface area contributed by atoms with Gasteiger partial charge in [0.1, 0.15) is 5.76 Å². The second kappa shape index (κ2) is 9.41. The first-order chi connectivity index (χ1) is 13.8. The lowest BCUT2D eigenvalue weighted by molar-refractivity contribution is -0.149. The molecule has 0 radical (unpaired) electrons. The third kappa shape index (κ3) is 6.30. The van der Waals surface area contributed by atoms with Crippen molar-refractivity contribution < 1.29 is 27.2 Å². The largest absolute Gasteiger partial charge is 0.452 e. The molecule has 1 fully saturated rings. The summed E-state index contributed by atoms with van der Waals surface area (Å²) in [6.07, 6.45) is 2.98. The van der Waals surface area contributed by atoms with Crippen LogP contribution in [0.2, 0.25) is 0 Å². The number of rotatable bonds is 7. The lowest BCUT2D eigenvalue weighted by atomic mass is 10.1. The molecule has 1 aromatic heterocycles. The lowest BCUT2D eigenvalue weighted by Gasteiger charge is -2.28. The zero-order valence-corrected chi connectivity index (χ0v) is 17.9. The molecule has 0 aliphatic carbocycles. The van der Waals surface area contributed by atoms with E-state index in [1.807, 2.05) is 30.3 Å². The number of esters is 1. The highest BCUT2D eigenvalue weighted by atomic mass is 79.9. The van der Waals surface area contributed by atoms with Crippen LogP contribution >= 0.6 is 15.9 Å². The van der Waals surface area contributed by atoms with Gasteiger partial charge in [0.15, 0.2) is 21.1 Å². The molecule has 1 aliphatic heterocycles. The summed E-state index contributed by atoms with van der Waals surface area (Å²) < 4.78 is 34.5. The maximum absolute atomic E-state index is 12.7. The number of benzene rings is 1. The van der Waals surface area contributed by atoms with Gasteiger partial charge in [-0.3, -0.25) is 4.79 Å². The fourth-order valence-corrected chi connectivity index (χ4v) is 5.10. The first-order valence-electron chi connectivity index (χ1n) is 8.96. The van der Waals surface area contributed by atoms with Gasteiger partial charge < -0.3 is 14.1 Å². The van der Waals surface area contributed by atoms with Crippen molar-refractivity contribution in [1.29, 1.82) is 0 Å². The van der Waals surface area contributed by atoms with Gasteiger partial charge in [0.25, 0.3) is 5.91 Å². The smallest absolute Gasteiger partial charge is 0.331 e. The number of furan rings is 1. The molecule has 0 N–H and O–H groups in total. The van der Waals surface area contributed by atoms with Gasteiger partial charge in [-0.15, -0.1) is 0 Å². The molecule has 1 atom stereocenters. The summed E-state index contributed by atoms with van der Waals surface area (Å²) in [5.74, 6) is -0.686. The molecule has 2 heterocycles. The SMILES string of the molecule is O=C(/C=C/c1ccc(Br)o1)OCC(=O)N(Cc1ccccc1)[C@@H]1CCS(=O)(=O)C1. The number of amides is 1. The molecular weight excluding hydrogens is 462 g/mol. The Bertz CT molecular complexity index is 999. The quantitative estimate of drug-likeness (QED) is 0.445. The molecule has 3 rings (SSSR count).